The molecule has 0 aromatic rings. The van der Waals surface area contributed by atoms with Gasteiger partial charge in [-0.2, -0.15) is 0 Å². The second-order valence-electron chi connectivity index (χ2n) is 4.15. The first kappa shape index (κ1) is 8.97. The molecule has 2 rings (SSSR count). The minimum absolute atomic E-state index is 0.314. The van der Waals surface area contributed by atoms with Crippen molar-refractivity contribution in [1.82, 2.24) is 10.2 Å². The molecule has 0 aromatic carbocycles. The van der Waals surface area contributed by atoms with Gasteiger partial charge in [-0.05, 0) is 31.8 Å². The highest BCUT2D eigenvalue weighted by Gasteiger charge is 2.39. The minimum atomic E-state index is -0.701. The molecular weight excluding hydrogens is 168 g/mol. The van der Waals surface area contributed by atoms with Gasteiger partial charge in [0.2, 0.25) is 0 Å². The summed E-state index contributed by atoms with van der Waals surface area (Å²) < 4.78 is 0. The molecule has 0 radical (unpaired) electrons. The lowest BCUT2D eigenvalue weighted by atomic mass is 10.0. The third kappa shape index (κ3) is 1.56. The van der Waals surface area contributed by atoms with Gasteiger partial charge in [-0.1, -0.05) is 0 Å². The van der Waals surface area contributed by atoms with E-state index < -0.39 is 5.97 Å². The Morgan fingerprint density at radius 1 is 1.46 bits per heavy atom. The van der Waals surface area contributed by atoms with Crippen molar-refractivity contribution in [3.8, 4) is 0 Å². The van der Waals surface area contributed by atoms with Crippen LogP contribution in [0.25, 0.3) is 0 Å². The van der Waals surface area contributed by atoms with Gasteiger partial charge in [-0.15, -0.1) is 0 Å². The van der Waals surface area contributed by atoms with Gasteiger partial charge >= 0.3 is 5.97 Å². The molecule has 0 aromatic heterocycles. The smallest absolute Gasteiger partial charge is 0.320 e. The van der Waals surface area contributed by atoms with Crippen molar-refractivity contribution in [2.24, 2.45) is 11.8 Å². The Labute approximate surface area is 77.9 Å². The molecule has 2 aliphatic rings. The number of hydrogen-bond acceptors (Lipinski definition) is 3. The number of fused-ring (bicyclic) bond motifs is 1. The number of carboxylic acids is 1. The van der Waals surface area contributed by atoms with Gasteiger partial charge in [0, 0.05) is 13.1 Å². The lowest BCUT2D eigenvalue weighted by molar-refractivity contribution is -0.142. The molecule has 4 heteroatoms. The van der Waals surface area contributed by atoms with E-state index in [1.54, 1.807) is 6.92 Å². The topological polar surface area (TPSA) is 52.6 Å². The number of likely N-dealkylation sites (tertiary alicyclic amines) is 1. The van der Waals surface area contributed by atoms with Crippen molar-refractivity contribution in [3.05, 3.63) is 0 Å². The van der Waals surface area contributed by atoms with E-state index in [9.17, 15) is 4.79 Å². The van der Waals surface area contributed by atoms with E-state index in [1.807, 2.05) is 0 Å². The number of carboxylic acid groups (broad SMARTS) is 1. The summed E-state index contributed by atoms with van der Waals surface area (Å²) in [6, 6.07) is -0.314. The van der Waals surface area contributed by atoms with Crippen LogP contribution in [-0.4, -0.2) is 48.2 Å². The number of nitrogens with zero attached hydrogens (tertiary/aromatic N) is 1. The average molecular weight is 184 g/mol. The standard InChI is InChI=1S/C9H16N2O2/c1-6(9(12)13)11-4-7-2-10-3-8(7)5-11/h6-8,10H,2-5H2,1H3,(H,12,13)/t6?,7-,8+. The van der Waals surface area contributed by atoms with Crippen molar-refractivity contribution < 1.29 is 9.90 Å². The predicted octanol–water partition coefficient (Wildman–Crippen LogP) is -0.389. The number of nitrogens with one attached hydrogen (secondary N) is 1. The zero-order valence-corrected chi connectivity index (χ0v) is 7.86. The third-order valence-electron chi connectivity index (χ3n) is 3.32. The maximum absolute atomic E-state index is 10.7. The van der Waals surface area contributed by atoms with Crippen molar-refractivity contribution >= 4 is 5.97 Å². The van der Waals surface area contributed by atoms with Crippen LogP contribution < -0.4 is 5.32 Å². The summed E-state index contributed by atoms with van der Waals surface area (Å²) in [5.74, 6) is 0.663. The van der Waals surface area contributed by atoms with Gasteiger partial charge in [0.1, 0.15) is 6.04 Å². The Morgan fingerprint density at radius 2 is 2.00 bits per heavy atom. The minimum Gasteiger partial charge on any atom is -0.480 e. The Kier molecular flexibility index (Phi) is 2.26. The Balaban J connectivity index is 1.95. The first-order chi connectivity index (χ1) is 6.18. The summed E-state index contributed by atoms with van der Waals surface area (Å²) in [6.45, 7) is 5.80. The number of carbonyl (C=O) groups is 1. The first-order valence-corrected chi connectivity index (χ1v) is 4.86. The summed E-state index contributed by atoms with van der Waals surface area (Å²) in [7, 11) is 0. The lowest BCUT2D eigenvalue weighted by Gasteiger charge is -2.21. The van der Waals surface area contributed by atoms with Crippen LogP contribution >= 0.6 is 0 Å². The van der Waals surface area contributed by atoms with Gasteiger partial charge in [-0.3, -0.25) is 9.69 Å². The molecule has 3 atom stereocenters. The molecule has 13 heavy (non-hydrogen) atoms. The SMILES string of the molecule is CC(C(=O)O)N1C[C@H]2CNC[C@H]2C1. The Bertz CT molecular complexity index is 208. The van der Waals surface area contributed by atoms with Crippen LogP contribution in [0.3, 0.4) is 0 Å². The molecule has 74 valence electrons. The maximum Gasteiger partial charge on any atom is 0.320 e. The highest BCUT2D eigenvalue weighted by atomic mass is 16.4. The van der Waals surface area contributed by atoms with E-state index in [2.05, 4.69) is 10.2 Å². The van der Waals surface area contributed by atoms with Gasteiger partial charge in [-0.25, -0.2) is 0 Å². The highest BCUT2D eigenvalue weighted by Crippen LogP contribution is 2.27. The summed E-state index contributed by atoms with van der Waals surface area (Å²) in [4.78, 5) is 12.8. The molecule has 2 N–H and O–H groups in total. The van der Waals surface area contributed by atoms with Crippen molar-refractivity contribution in [2.45, 2.75) is 13.0 Å². The molecule has 0 aliphatic carbocycles. The van der Waals surface area contributed by atoms with Crippen LogP contribution in [0.1, 0.15) is 6.92 Å². The van der Waals surface area contributed by atoms with Gasteiger partial charge in [0.15, 0.2) is 0 Å². The molecule has 2 fully saturated rings. The predicted molar refractivity (Wildman–Crippen MR) is 48.5 cm³/mol. The summed E-state index contributed by atoms with van der Waals surface area (Å²) in [5.41, 5.74) is 0. The van der Waals surface area contributed by atoms with E-state index in [0.29, 0.717) is 11.8 Å². The molecule has 0 saturated carbocycles. The van der Waals surface area contributed by atoms with E-state index in [0.717, 1.165) is 26.2 Å². The van der Waals surface area contributed by atoms with Crippen LogP contribution in [0.5, 0.6) is 0 Å². The third-order valence-corrected chi connectivity index (χ3v) is 3.32. The van der Waals surface area contributed by atoms with Crippen LogP contribution in [0.15, 0.2) is 0 Å². The molecule has 0 bridgehead atoms. The zero-order valence-electron chi connectivity index (χ0n) is 7.86. The normalized spacial score (nSPS) is 36.1. The lowest BCUT2D eigenvalue weighted by Crippen LogP contribution is -2.38. The fraction of sp³-hybridized carbons (Fsp3) is 0.889. The fourth-order valence-corrected chi connectivity index (χ4v) is 2.36. The monoisotopic (exact) mass is 184 g/mol. The maximum atomic E-state index is 10.7. The van der Waals surface area contributed by atoms with Crippen LogP contribution in [0.2, 0.25) is 0 Å². The molecule has 0 amide bonds. The van der Waals surface area contributed by atoms with Crippen LogP contribution in [0, 0.1) is 11.8 Å². The molecule has 2 aliphatic heterocycles. The number of hydrogen-bond donors (Lipinski definition) is 2. The van der Waals surface area contributed by atoms with Gasteiger partial charge in [0.25, 0.3) is 0 Å². The largest absolute Gasteiger partial charge is 0.480 e. The summed E-state index contributed by atoms with van der Waals surface area (Å²) in [6.07, 6.45) is 0. The van der Waals surface area contributed by atoms with Gasteiger partial charge in [0.05, 0.1) is 0 Å². The average Bonchev–Trinajstić information content (AvgIpc) is 2.59. The number of rotatable bonds is 2. The van der Waals surface area contributed by atoms with E-state index in [4.69, 9.17) is 5.11 Å². The Hall–Kier alpha value is -0.610. The second kappa shape index (κ2) is 3.27. The van der Waals surface area contributed by atoms with Crippen LogP contribution in [-0.2, 0) is 4.79 Å². The molecule has 1 unspecified atom stereocenters. The Morgan fingerprint density at radius 3 is 2.46 bits per heavy atom. The molecule has 0 spiro atoms. The number of aliphatic carboxylic acids is 1. The fourth-order valence-electron chi connectivity index (χ4n) is 2.36. The summed E-state index contributed by atoms with van der Waals surface area (Å²) >= 11 is 0. The zero-order chi connectivity index (χ0) is 9.42. The van der Waals surface area contributed by atoms with E-state index >= 15 is 0 Å². The van der Waals surface area contributed by atoms with Crippen LogP contribution in [0.4, 0.5) is 0 Å². The molecular formula is C9H16N2O2. The van der Waals surface area contributed by atoms with Crippen molar-refractivity contribution in [3.63, 3.8) is 0 Å². The second-order valence-corrected chi connectivity index (χ2v) is 4.15. The van der Waals surface area contributed by atoms with E-state index in [-0.39, 0.29) is 6.04 Å². The van der Waals surface area contributed by atoms with E-state index in [1.165, 1.54) is 0 Å². The molecule has 4 nitrogen and oxygen atoms in total. The van der Waals surface area contributed by atoms with Gasteiger partial charge < -0.3 is 10.4 Å². The first-order valence-electron chi connectivity index (χ1n) is 4.86. The highest BCUT2D eigenvalue weighted by molar-refractivity contribution is 5.72. The molecule has 2 saturated heterocycles. The quantitative estimate of drug-likeness (QED) is 0.614. The summed E-state index contributed by atoms with van der Waals surface area (Å²) in [5, 5.41) is 12.2. The molecule has 2 heterocycles. The van der Waals surface area contributed by atoms with Crippen molar-refractivity contribution in [2.75, 3.05) is 26.2 Å². The van der Waals surface area contributed by atoms with Crippen molar-refractivity contribution in [1.29, 1.82) is 0 Å².